The number of hydrogen-bond acceptors (Lipinski definition) is 6. The molecule has 0 unspecified atom stereocenters. The number of fused-ring (bicyclic) bond motifs is 5. The highest BCUT2D eigenvalue weighted by Gasteiger charge is 2.45. The first-order valence-corrected chi connectivity index (χ1v) is 11.5. The van der Waals surface area contributed by atoms with Crippen LogP contribution in [0.25, 0.3) is 16.8 Å². The summed E-state index contributed by atoms with van der Waals surface area (Å²) in [6.45, 7) is 8.95. The summed E-state index contributed by atoms with van der Waals surface area (Å²) >= 11 is 0. The van der Waals surface area contributed by atoms with Crippen LogP contribution in [0.2, 0.25) is 0 Å². The van der Waals surface area contributed by atoms with E-state index in [1.807, 2.05) is 12.3 Å². The van der Waals surface area contributed by atoms with E-state index in [9.17, 15) is 4.39 Å². The van der Waals surface area contributed by atoms with Gasteiger partial charge in [0.05, 0.1) is 12.2 Å². The second-order valence-corrected chi connectivity index (χ2v) is 9.84. The van der Waals surface area contributed by atoms with E-state index in [2.05, 4.69) is 34.1 Å². The van der Waals surface area contributed by atoms with Crippen LogP contribution in [0.3, 0.4) is 0 Å². The number of hydrogen-bond donors (Lipinski definition) is 1. The third-order valence-electron chi connectivity index (χ3n) is 7.02. The number of nitrogens with zero attached hydrogens (tertiary/aromatic N) is 5. The number of nitrogens with one attached hydrogen (secondary N) is 1. The van der Waals surface area contributed by atoms with Crippen molar-refractivity contribution in [1.29, 1.82) is 0 Å². The van der Waals surface area contributed by atoms with Crippen LogP contribution >= 0.6 is 0 Å². The predicted octanol–water partition coefficient (Wildman–Crippen LogP) is 3.27. The average Bonchev–Trinajstić information content (AvgIpc) is 3.52. The fourth-order valence-electron chi connectivity index (χ4n) is 5.23. The van der Waals surface area contributed by atoms with Crippen molar-refractivity contribution in [2.24, 2.45) is 0 Å². The van der Waals surface area contributed by atoms with Gasteiger partial charge in [-0.1, -0.05) is 0 Å². The molecule has 1 aromatic carbocycles. The summed E-state index contributed by atoms with van der Waals surface area (Å²) in [5, 5.41) is 7.82. The van der Waals surface area contributed by atoms with E-state index in [0.717, 1.165) is 32.0 Å². The van der Waals surface area contributed by atoms with Gasteiger partial charge >= 0.3 is 0 Å². The summed E-state index contributed by atoms with van der Waals surface area (Å²) < 4.78 is 22.7. The Morgan fingerprint density at radius 1 is 1.16 bits per heavy atom. The minimum absolute atomic E-state index is 0.135. The van der Waals surface area contributed by atoms with Crippen LogP contribution in [-0.4, -0.2) is 74.8 Å². The molecule has 1 aliphatic carbocycles. The van der Waals surface area contributed by atoms with Crippen LogP contribution in [0, 0.1) is 5.82 Å². The molecular formula is C24H29FN6O. The molecule has 0 spiro atoms. The van der Waals surface area contributed by atoms with Crippen molar-refractivity contribution in [3.8, 4) is 16.9 Å². The molecular weight excluding hydrogens is 407 g/mol. The standard InChI is InChI=1S/C24H29FN6O/c1-24(2)15-29-10-8-26-22-7-9-31-23(28-22)20(12-27-31)19-11-18(5-6-21(19)25)32-14-17(29)13-30(24)16-3-4-16/h5-7,9,11-12,16-17H,3-4,8,10,13-15H2,1-2H3,(H,26,28)/t17-/m0/s1. The minimum Gasteiger partial charge on any atom is -0.492 e. The summed E-state index contributed by atoms with van der Waals surface area (Å²) in [5.41, 5.74) is 1.88. The van der Waals surface area contributed by atoms with Gasteiger partial charge in [-0.15, -0.1) is 0 Å². The molecule has 2 aromatic heterocycles. The van der Waals surface area contributed by atoms with E-state index in [0.29, 0.717) is 35.2 Å². The lowest BCUT2D eigenvalue weighted by Gasteiger charge is -2.51. The van der Waals surface area contributed by atoms with E-state index < -0.39 is 0 Å². The normalized spacial score (nSPS) is 23.9. The van der Waals surface area contributed by atoms with Gasteiger partial charge in [-0.25, -0.2) is 13.9 Å². The predicted molar refractivity (Wildman–Crippen MR) is 122 cm³/mol. The maximum Gasteiger partial charge on any atom is 0.165 e. The monoisotopic (exact) mass is 436 g/mol. The van der Waals surface area contributed by atoms with Crippen molar-refractivity contribution in [3.05, 3.63) is 42.5 Å². The molecule has 1 saturated carbocycles. The maximum atomic E-state index is 14.8. The smallest absolute Gasteiger partial charge is 0.165 e. The van der Waals surface area contributed by atoms with Crippen molar-refractivity contribution in [2.45, 2.75) is 44.3 Å². The van der Waals surface area contributed by atoms with Crippen LogP contribution in [0.4, 0.5) is 10.2 Å². The molecule has 4 heterocycles. The topological polar surface area (TPSA) is 57.9 Å². The maximum absolute atomic E-state index is 14.8. The molecule has 7 nitrogen and oxygen atoms in total. The van der Waals surface area contributed by atoms with Crippen LogP contribution in [0.5, 0.6) is 5.75 Å². The quantitative estimate of drug-likeness (QED) is 0.632. The van der Waals surface area contributed by atoms with Crippen LogP contribution in [-0.2, 0) is 0 Å². The van der Waals surface area contributed by atoms with Crippen molar-refractivity contribution < 1.29 is 9.13 Å². The lowest BCUT2D eigenvalue weighted by atomic mass is 9.95. The van der Waals surface area contributed by atoms with Crippen molar-refractivity contribution in [1.82, 2.24) is 24.4 Å². The van der Waals surface area contributed by atoms with E-state index in [4.69, 9.17) is 9.72 Å². The number of halogens is 1. The van der Waals surface area contributed by atoms with Gasteiger partial charge < -0.3 is 10.1 Å². The Labute approximate surface area is 187 Å². The Hall–Kier alpha value is -2.71. The molecule has 6 rings (SSSR count). The molecule has 8 heteroatoms. The first kappa shape index (κ1) is 19.9. The van der Waals surface area contributed by atoms with Crippen LogP contribution in [0.15, 0.2) is 36.7 Å². The van der Waals surface area contributed by atoms with E-state index in [-0.39, 0.29) is 17.4 Å². The van der Waals surface area contributed by atoms with Gasteiger partial charge in [0, 0.05) is 55.1 Å². The Balaban J connectivity index is 1.38. The molecule has 0 amide bonds. The van der Waals surface area contributed by atoms with Gasteiger partial charge in [0.25, 0.3) is 0 Å². The second-order valence-electron chi connectivity index (χ2n) is 9.84. The highest BCUT2D eigenvalue weighted by molar-refractivity contribution is 5.78. The molecule has 32 heavy (non-hydrogen) atoms. The van der Waals surface area contributed by atoms with E-state index in [1.54, 1.807) is 22.8 Å². The fraction of sp³-hybridized carbons (Fsp3) is 0.500. The number of anilines is 1. The Morgan fingerprint density at radius 2 is 2.03 bits per heavy atom. The molecule has 0 radical (unpaired) electrons. The lowest BCUT2D eigenvalue weighted by molar-refractivity contribution is -0.0341. The minimum atomic E-state index is -0.305. The van der Waals surface area contributed by atoms with Crippen LogP contribution < -0.4 is 10.1 Å². The summed E-state index contributed by atoms with van der Waals surface area (Å²) in [5.74, 6) is 1.15. The highest BCUT2D eigenvalue weighted by Crippen LogP contribution is 2.37. The fourth-order valence-corrected chi connectivity index (χ4v) is 5.23. The summed E-state index contributed by atoms with van der Waals surface area (Å²) in [7, 11) is 0. The Bertz CT molecular complexity index is 1160. The zero-order valence-corrected chi connectivity index (χ0v) is 18.6. The largest absolute Gasteiger partial charge is 0.492 e. The van der Waals surface area contributed by atoms with Crippen molar-refractivity contribution >= 4 is 11.5 Å². The molecule has 3 aliphatic rings. The number of ether oxygens (including phenoxy) is 1. The van der Waals surface area contributed by atoms with Gasteiger partial charge in [0.2, 0.25) is 0 Å². The molecule has 168 valence electrons. The highest BCUT2D eigenvalue weighted by atomic mass is 19.1. The third kappa shape index (κ3) is 3.51. The zero-order chi connectivity index (χ0) is 21.9. The first-order valence-electron chi connectivity index (χ1n) is 11.5. The van der Waals surface area contributed by atoms with Crippen molar-refractivity contribution in [3.63, 3.8) is 0 Å². The van der Waals surface area contributed by atoms with Gasteiger partial charge in [-0.05, 0) is 51.0 Å². The number of benzene rings is 1. The van der Waals surface area contributed by atoms with Gasteiger partial charge in [-0.3, -0.25) is 9.80 Å². The SMILES string of the molecule is CC1(C)CN2CCNc3ccn4ncc(c4n3)-c3cc(ccc3F)OC[C@@H]2CN1C1CC1. The zero-order valence-electron chi connectivity index (χ0n) is 18.6. The second kappa shape index (κ2) is 7.42. The number of aromatic nitrogens is 3. The van der Waals surface area contributed by atoms with Crippen molar-refractivity contribution in [2.75, 3.05) is 38.1 Å². The van der Waals surface area contributed by atoms with E-state index >= 15 is 0 Å². The first-order chi connectivity index (χ1) is 15.5. The summed E-state index contributed by atoms with van der Waals surface area (Å²) in [6, 6.07) is 7.86. The molecule has 2 fully saturated rings. The molecule has 3 aromatic rings. The summed E-state index contributed by atoms with van der Waals surface area (Å²) in [6.07, 6.45) is 6.11. The van der Waals surface area contributed by atoms with Crippen LogP contribution in [0.1, 0.15) is 26.7 Å². The Kier molecular flexibility index (Phi) is 4.62. The van der Waals surface area contributed by atoms with Gasteiger partial charge in [0.1, 0.15) is 24.0 Å². The summed E-state index contributed by atoms with van der Waals surface area (Å²) in [4.78, 5) is 9.93. The molecule has 4 bridgehead atoms. The Morgan fingerprint density at radius 3 is 2.88 bits per heavy atom. The average molecular weight is 437 g/mol. The number of piperazine rings is 1. The molecule has 2 aliphatic heterocycles. The third-order valence-corrected chi connectivity index (χ3v) is 7.02. The number of rotatable bonds is 1. The molecule has 1 atom stereocenters. The van der Waals surface area contributed by atoms with Gasteiger partial charge in [0.15, 0.2) is 5.65 Å². The lowest BCUT2D eigenvalue weighted by Crippen LogP contribution is -2.65. The molecule has 1 N–H and O–H groups in total. The van der Waals surface area contributed by atoms with E-state index in [1.165, 1.54) is 18.9 Å². The van der Waals surface area contributed by atoms with Gasteiger partial charge in [-0.2, -0.15) is 5.10 Å². The molecule has 1 saturated heterocycles.